The Morgan fingerprint density at radius 2 is 1.56 bits per heavy atom. The lowest BCUT2D eigenvalue weighted by Gasteiger charge is -2.26. The van der Waals surface area contributed by atoms with E-state index in [9.17, 15) is 9.59 Å². The molecule has 2 atom stereocenters. The van der Waals surface area contributed by atoms with Gasteiger partial charge in [-0.05, 0) is 72.6 Å². The van der Waals surface area contributed by atoms with Crippen LogP contribution in [0.15, 0.2) is 78.9 Å². The number of alkyl carbamates (subject to hydrolysis) is 1. The summed E-state index contributed by atoms with van der Waals surface area (Å²) in [7, 11) is 0.0982. The fourth-order valence-electron chi connectivity index (χ4n) is 3.89. The molecule has 0 spiro atoms. The molecular formula is C31H38ClN2O4S+. The van der Waals surface area contributed by atoms with E-state index in [0.29, 0.717) is 23.8 Å². The van der Waals surface area contributed by atoms with Gasteiger partial charge in [0.05, 0.1) is 18.6 Å². The standard InChI is InChI=1S/C31H37ClN2O4S/c1-31(2,3)38-30(36)33-27(17-18-39(4)5)29(35)34-28(23-13-9-15-25(32)19-23)24-14-10-16-26(20-24)37-21-22-11-7-6-8-12-22/h6-16,19-20,27-28H,17-18,21H2,1-5H3,(H-,33,34,35,36)/p+1/t27-,28?/m1/s1. The van der Waals surface area contributed by atoms with Gasteiger partial charge in [0.15, 0.2) is 0 Å². The van der Waals surface area contributed by atoms with E-state index in [1.807, 2.05) is 72.8 Å². The summed E-state index contributed by atoms with van der Waals surface area (Å²) >= 11 is 6.33. The molecule has 3 rings (SSSR count). The second-order valence-electron chi connectivity index (χ2n) is 10.5. The first-order valence-corrected chi connectivity index (χ1v) is 15.5. The van der Waals surface area contributed by atoms with Crippen LogP contribution in [0, 0.1) is 0 Å². The molecule has 0 saturated heterocycles. The Balaban J connectivity index is 1.86. The van der Waals surface area contributed by atoms with Crippen molar-refractivity contribution in [2.75, 3.05) is 18.3 Å². The lowest BCUT2D eigenvalue weighted by molar-refractivity contribution is -0.123. The molecular weight excluding hydrogens is 532 g/mol. The van der Waals surface area contributed by atoms with Crippen molar-refractivity contribution in [2.45, 2.75) is 51.5 Å². The molecule has 0 bridgehead atoms. The maximum Gasteiger partial charge on any atom is 0.408 e. The van der Waals surface area contributed by atoms with Crippen molar-refractivity contribution >= 4 is 34.5 Å². The van der Waals surface area contributed by atoms with E-state index in [-0.39, 0.29) is 16.8 Å². The van der Waals surface area contributed by atoms with Gasteiger partial charge < -0.3 is 20.1 Å². The van der Waals surface area contributed by atoms with Crippen LogP contribution < -0.4 is 15.4 Å². The van der Waals surface area contributed by atoms with Crippen LogP contribution in [0.5, 0.6) is 5.75 Å². The minimum Gasteiger partial charge on any atom is -0.489 e. The van der Waals surface area contributed by atoms with E-state index >= 15 is 0 Å². The highest BCUT2D eigenvalue weighted by Crippen LogP contribution is 2.28. The maximum atomic E-state index is 13.7. The molecule has 6 nitrogen and oxygen atoms in total. The van der Waals surface area contributed by atoms with Crippen LogP contribution in [0.1, 0.15) is 49.9 Å². The molecule has 0 aliphatic rings. The molecule has 1 unspecified atom stereocenters. The number of hydrogen-bond acceptors (Lipinski definition) is 4. The topological polar surface area (TPSA) is 76.7 Å². The molecule has 39 heavy (non-hydrogen) atoms. The smallest absolute Gasteiger partial charge is 0.408 e. The molecule has 0 aliphatic carbocycles. The van der Waals surface area contributed by atoms with Crippen LogP contribution in [0.2, 0.25) is 5.02 Å². The van der Waals surface area contributed by atoms with E-state index in [2.05, 4.69) is 23.1 Å². The summed E-state index contributed by atoms with van der Waals surface area (Å²) in [6.45, 7) is 5.80. The molecule has 208 valence electrons. The Morgan fingerprint density at radius 1 is 0.897 bits per heavy atom. The van der Waals surface area contributed by atoms with E-state index in [1.165, 1.54) is 0 Å². The van der Waals surface area contributed by atoms with E-state index in [4.69, 9.17) is 21.1 Å². The molecule has 2 N–H and O–H groups in total. The van der Waals surface area contributed by atoms with Crippen LogP contribution in [0.3, 0.4) is 0 Å². The van der Waals surface area contributed by atoms with Gasteiger partial charge in [0.1, 0.15) is 29.8 Å². The zero-order valence-corrected chi connectivity index (χ0v) is 24.8. The number of amides is 2. The number of nitrogens with one attached hydrogen (secondary N) is 2. The van der Waals surface area contributed by atoms with Crippen molar-refractivity contribution in [3.63, 3.8) is 0 Å². The number of carbonyl (C=O) groups is 2. The Labute approximate surface area is 239 Å². The first kappa shape index (κ1) is 30.4. The molecule has 3 aromatic carbocycles. The van der Waals surface area contributed by atoms with Gasteiger partial charge in [0, 0.05) is 11.4 Å². The SMILES string of the molecule is C[S+](C)CC[C@@H](NC(=O)OC(C)(C)C)C(=O)NC(c1cccc(Cl)c1)c1cccc(OCc2ccccc2)c1. The highest BCUT2D eigenvalue weighted by atomic mass is 35.5. The Bertz CT molecular complexity index is 1230. The molecule has 2 amide bonds. The third-order valence-electron chi connectivity index (χ3n) is 5.73. The summed E-state index contributed by atoms with van der Waals surface area (Å²) < 4.78 is 11.5. The van der Waals surface area contributed by atoms with Crippen LogP contribution in [0.4, 0.5) is 4.79 Å². The second kappa shape index (κ2) is 14.3. The number of ether oxygens (including phenoxy) is 2. The first-order chi connectivity index (χ1) is 18.5. The minimum absolute atomic E-state index is 0.0982. The fraction of sp³-hybridized carbons (Fsp3) is 0.355. The van der Waals surface area contributed by atoms with Gasteiger partial charge in [-0.15, -0.1) is 0 Å². The molecule has 3 aromatic rings. The third kappa shape index (κ3) is 10.5. The molecule has 0 heterocycles. The lowest BCUT2D eigenvalue weighted by atomic mass is 9.97. The summed E-state index contributed by atoms with van der Waals surface area (Å²) in [6, 6.07) is 23.7. The Kier molecular flexibility index (Phi) is 11.1. The largest absolute Gasteiger partial charge is 0.489 e. The molecule has 0 saturated carbocycles. The predicted molar refractivity (Wildman–Crippen MR) is 161 cm³/mol. The van der Waals surface area contributed by atoms with Crippen molar-refractivity contribution in [3.05, 3.63) is 101 Å². The fourth-order valence-corrected chi connectivity index (χ4v) is 4.79. The van der Waals surface area contributed by atoms with Gasteiger partial charge in [-0.2, -0.15) is 0 Å². The Morgan fingerprint density at radius 3 is 2.21 bits per heavy atom. The zero-order valence-electron chi connectivity index (χ0n) is 23.2. The summed E-state index contributed by atoms with van der Waals surface area (Å²) in [5.41, 5.74) is 2.04. The van der Waals surface area contributed by atoms with E-state index in [0.717, 1.165) is 22.4 Å². The highest BCUT2D eigenvalue weighted by Gasteiger charge is 2.28. The maximum absolute atomic E-state index is 13.7. The quantitative estimate of drug-likeness (QED) is 0.266. The minimum atomic E-state index is -0.756. The number of hydrogen-bond donors (Lipinski definition) is 2. The average Bonchev–Trinajstić information content (AvgIpc) is 2.88. The number of rotatable bonds is 11. The summed E-state index contributed by atoms with van der Waals surface area (Å²) in [4.78, 5) is 26.2. The van der Waals surface area contributed by atoms with Crippen molar-refractivity contribution in [1.29, 1.82) is 0 Å². The molecule has 0 aromatic heterocycles. The van der Waals surface area contributed by atoms with Gasteiger partial charge in [-0.25, -0.2) is 4.79 Å². The van der Waals surface area contributed by atoms with Crippen molar-refractivity contribution in [2.24, 2.45) is 0 Å². The lowest BCUT2D eigenvalue weighted by Crippen LogP contribution is -2.49. The molecule has 0 aliphatic heterocycles. The van der Waals surface area contributed by atoms with E-state index in [1.54, 1.807) is 26.8 Å². The second-order valence-corrected chi connectivity index (χ2v) is 13.3. The molecule has 0 fully saturated rings. The summed E-state index contributed by atoms with van der Waals surface area (Å²) in [5.74, 6) is 1.17. The van der Waals surface area contributed by atoms with Crippen molar-refractivity contribution in [3.8, 4) is 5.75 Å². The number of halogens is 1. The van der Waals surface area contributed by atoms with Crippen LogP contribution in [0.25, 0.3) is 0 Å². The zero-order chi connectivity index (χ0) is 28.4. The average molecular weight is 570 g/mol. The monoisotopic (exact) mass is 569 g/mol. The first-order valence-electron chi connectivity index (χ1n) is 12.9. The highest BCUT2D eigenvalue weighted by molar-refractivity contribution is 7.95. The van der Waals surface area contributed by atoms with Crippen molar-refractivity contribution in [1.82, 2.24) is 10.6 Å². The third-order valence-corrected chi connectivity index (χ3v) is 7.02. The molecule has 0 radical (unpaired) electrons. The van der Waals surface area contributed by atoms with E-state index < -0.39 is 23.8 Å². The van der Waals surface area contributed by atoms with Crippen LogP contribution in [-0.2, 0) is 27.0 Å². The van der Waals surface area contributed by atoms with Gasteiger partial charge in [0.2, 0.25) is 5.91 Å². The normalized spacial score (nSPS) is 12.9. The Hall–Kier alpha value is -3.16. The summed E-state index contributed by atoms with van der Waals surface area (Å²) in [5, 5.41) is 6.49. The number of benzene rings is 3. The van der Waals surface area contributed by atoms with Crippen molar-refractivity contribution < 1.29 is 19.1 Å². The van der Waals surface area contributed by atoms with Crippen LogP contribution in [-0.4, -0.2) is 41.9 Å². The van der Waals surface area contributed by atoms with Gasteiger partial charge in [-0.3, -0.25) is 4.79 Å². The van der Waals surface area contributed by atoms with Gasteiger partial charge in [-0.1, -0.05) is 66.2 Å². The predicted octanol–water partition coefficient (Wildman–Crippen LogP) is 6.29. The number of carbonyl (C=O) groups excluding carboxylic acids is 2. The molecule has 8 heteroatoms. The summed E-state index contributed by atoms with van der Waals surface area (Å²) in [6.07, 6.45) is 4.09. The van der Waals surface area contributed by atoms with Crippen LogP contribution >= 0.6 is 11.6 Å². The van der Waals surface area contributed by atoms with Gasteiger partial charge >= 0.3 is 6.09 Å². The van der Waals surface area contributed by atoms with Gasteiger partial charge in [0.25, 0.3) is 0 Å².